The molecule has 1 heterocycles. The normalized spacial score (nSPS) is 10.4. The van der Waals surface area contributed by atoms with E-state index in [0.29, 0.717) is 5.56 Å². The summed E-state index contributed by atoms with van der Waals surface area (Å²) in [7, 11) is 0. The van der Waals surface area contributed by atoms with Crippen molar-refractivity contribution in [2.45, 2.75) is 0 Å². The summed E-state index contributed by atoms with van der Waals surface area (Å²) in [5, 5.41) is 6.31. The molecule has 1 aromatic carbocycles. The zero-order valence-corrected chi connectivity index (χ0v) is 13.1. The van der Waals surface area contributed by atoms with Gasteiger partial charge in [0.05, 0.1) is 12.8 Å². The summed E-state index contributed by atoms with van der Waals surface area (Å²) in [6.07, 6.45) is 4.75. The first-order valence-electron chi connectivity index (χ1n) is 6.41. The maximum atomic E-state index is 11.8. The number of rotatable bonds is 5. The van der Waals surface area contributed by atoms with E-state index in [4.69, 9.17) is 0 Å². The molecular formula is C15H13BrN4O2. The zero-order chi connectivity index (χ0) is 15.8. The number of nitrogens with zero attached hydrogens (tertiary/aromatic N) is 2. The number of carbonyl (C=O) groups is 2. The van der Waals surface area contributed by atoms with Crippen molar-refractivity contribution < 1.29 is 9.59 Å². The highest BCUT2D eigenvalue weighted by Gasteiger charge is 2.07. The van der Waals surface area contributed by atoms with Gasteiger partial charge in [-0.25, -0.2) is 5.43 Å². The number of benzene rings is 1. The SMILES string of the molecule is O=C(CNC(=O)c1cccc(Br)c1)N/N=C\c1ccncc1. The Morgan fingerprint density at radius 1 is 1.23 bits per heavy atom. The minimum Gasteiger partial charge on any atom is -0.343 e. The molecule has 6 nitrogen and oxygen atoms in total. The van der Waals surface area contributed by atoms with Gasteiger partial charge in [-0.1, -0.05) is 22.0 Å². The van der Waals surface area contributed by atoms with Crippen molar-refractivity contribution in [3.05, 3.63) is 64.4 Å². The number of hydrazone groups is 1. The Labute approximate surface area is 135 Å². The molecule has 1 aromatic heterocycles. The fourth-order valence-corrected chi connectivity index (χ4v) is 1.96. The summed E-state index contributed by atoms with van der Waals surface area (Å²) < 4.78 is 0.798. The third kappa shape index (κ3) is 5.10. The second-order valence-electron chi connectivity index (χ2n) is 4.27. The van der Waals surface area contributed by atoms with Gasteiger partial charge in [0, 0.05) is 22.4 Å². The summed E-state index contributed by atoms with van der Waals surface area (Å²) >= 11 is 3.28. The average Bonchev–Trinajstić information content (AvgIpc) is 2.53. The highest BCUT2D eigenvalue weighted by Crippen LogP contribution is 2.11. The number of hydrogen-bond donors (Lipinski definition) is 2. The molecule has 0 aliphatic carbocycles. The number of amides is 2. The smallest absolute Gasteiger partial charge is 0.259 e. The number of carbonyl (C=O) groups excluding carboxylic acids is 2. The predicted octanol–water partition coefficient (Wildman–Crippen LogP) is 1.72. The van der Waals surface area contributed by atoms with Gasteiger partial charge in [-0.05, 0) is 35.9 Å². The second kappa shape index (κ2) is 8.04. The standard InChI is InChI=1S/C15H13BrN4O2/c16-13-3-1-2-12(8-13)15(22)18-10-14(21)20-19-9-11-4-6-17-7-5-11/h1-9H,10H2,(H,18,22)(H,20,21)/b19-9-. The molecule has 0 atom stereocenters. The molecule has 0 radical (unpaired) electrons. The molecule has 0 saturated heterocycles. The largest absolute Gasteiger partial charge is 0.343 e. The quantitative estimate of drug-likeness (QED) is 0.628. The molecule has 0 aliphatic rings. The van der Waals surface area contributed by atoms with E-state index in [1.807, 2.05) is 6.07 Å². The molecule has 2 N–H and O–H groups in total. The maximum Gasteiger partial charge on any atom is 0.259 e. The summed E-state index contributed by atoms with van der Waals surface area (Å²) in [4.78, 5) is 27.3. The molecule has 0 fully saturated rings. The summed E-state index contributed by atoms with van der Waals surface area (Å²) in [6.45, 7) is -0.154. The topological polar surface area (TPSA) is 83.5 Å². The fraction of sp³-hybridized carbons (Fsp3) is 0.0667. The van der Waals surface area contributed by atoms with Crippen molar-refractivity contribution in [3.63, 3.8) is 0 Å². The van der Waals surface area contributed by atoms with Gasteiger partial charge in [0.1, 0.15) is 0 Å². The highest BCUT2D eigenvalue weighted by atomic mass is 79.9. The molecule has 112 valence electrons. The van der Waals surface area contributed by atoms with Gasteiger partial charge in [0.15, 0.2) is 0 Å². The van der Waals surface area contributed by atoms with Crippen molar-refractivity contribution in [1.29, 1.82) is 0 Å². The first-order chi connectivity index (χ1) is 10.6. The van der Waals surface area contributed by atoms with Crippen LogP contribution in [0.1, 0.15) is 15.9 Å². The van der Waals surface area contributed by atoms with Crippen molar-refractivity contribution in [1.82, 2.24) is 15.7 Å². The number of hydrogen-bond acceptors (Lipinski definition) is 4. The van der Waals surface area contributed by atoms with Crippen LogP contribution in [0, 0.1) is 0 Å². The van der Waals surface area contributed by atoms with Gasteiger partial charge >= 0.3 is 0 Å². The van der Waals surface area contributed by atoms with Crippen LogP contribution in [0.5, 0.6) is 0 Å². The van der Waals surface area contributed by atoms with Gasteiger partial charge in [-0.3, -0.25) is 14.6 Å². The minimum absolute atomic E-state index is 0.154. The molecular weight excluding hydrogens is 348 g/mol. The lowest BCUT2D eigenvalue weighted by atomic mass is 10.2. The Kier molecular flexibility index (Phi) is 5.79. The van der Waals surface area contributed by atoms with E-state index in [1.54, 1.807) is 42.7 Å². The Hall–Kier alpha value is -2.54. The summed E-state index contributed by atoms with van der Waals surface area (Å²) in [5.41, 5.74) is 3.62. The summed E-state index contributed by atoms with van der Waals surface area (Å²) in [6, 6.07) is 10.4. The van der Waals surface area contributed by atoms with Crippen molar-refractivity contribution in [2.24, 2.45) is 5.10 Å². The first kappa shape index (κ1) is 15.8. The molecule has 0 bridgehead atoms. The Morgan fingerprint density at radius 3 is 2.73 bits per heavy atom. The maximum absolute atomic E-state index is 11.8. The van der Waals surface area contributed by atoms with Crippen LogP contribution in [-0.2, 0) is 4.79 Å². The second-order valence-corrected chi connectivity index (χ2v) is 5.18. The number of aromatic nitrogens is 1. The molecule has 2 rings (SSSR count). The van der Waals surface area contributed by atoms with Crippen LogP contribution in [-0.4, -0.2) is 29.6 Å². The van der Waals surface area contributed by atoms with Crippen LogP contribution in [0.15, 0.2) is 58.4 Å². The Morgan fingerprint density at radius 2 is 2.00 bits per heavy atom. The molecule has 2 amide bonds. The average molecular weight is 361 g/mol. The molecule has 0 saturated carbocycles. The molecule has 0 spiro atoms. The van der Waals surface area contributed by atoms with E-state index in [-0.39, 0.29) is 12.5 Å². The van der Waals surface area contributed by atoms with Gasteiger partial charge in [-0.15, -0.1) is 0 Å². The zero-order valence-electron chi connectivity index (χ0n) is 11.5. The van der Waals surface area contributed by atoms with Crippen LogP contribution >= 0.6 is 15.9 Å². The van der Waals surface area contributed by atoms with E-state index in [2.05, 4.69) is 36.8 Å². The van der Waals surface area contributed by atoms with Crippen molar-refractivity contribution in [2.75, 3.05) is 6.54 Å². The predicted molar refractivity (Wildman–Crippen MR) is 86.4 cm³/mol. The molecule has 0 unspecified atom stereocenters. The van der Waals surface area contributed by atoms with Gasteiger partial charge in [0.2, 0.25) is 0 Å². The third-order valence-corrected chi connectivity index (χ3v) is 3.10. The molecule has 0 aliphatic heterocycles. The van der Waals surface area contributed by atoms with E-state index in [0.717, 1.165) is 10.0 Å². The van der Waals surface area contributed by atoms with Gasteiger partial charge < -0.3 is 5.32 Å². The monoisotopic (exact) mass is 360 g/mol. The Bertz CT molecular complexity index is 689. The number of nitrogens with one attached hydrogen (secondary N) is 2. The lowest BCUT2D eigenvalue weighted by Crippen LogP contribution is -2.34. The van der Waals surface area contributed by atoms with Crippen molar-refractivity contribution >= 4 is 34.0 Å². The molecule has 22 heavy (non-hydrogen) atoms. The fourth-order valence-electron chi connectivity index (χ4n) is 1.56. The number of halogens is 1. The van der Waals surface area contributed by atoms with E-state index in [9.17, 15) is 9.59 Å². The lowest BCUT2D eigenvalue weighted by Gasteiger charge is -2.04. The van der Waals surface area contributed by atoms with Crippen LogP contribution in [0.4, 0.5) is 0 Å². The molecule has 2 aromatic rings. The van der Waals surface area contributed by atoms with Crippen LogP contribution in [0.2, 0.25) is 0 Å². The van der Waals surface area contributed by atoms with Crippen LogP contribution in [0.25, 0.3) is 0 Å². The van der Waals surface area contributed by atoms with Gasteiger partial charge in [0.25, 0.3) is 11.8 Å². The van der Waals surface area contributed by atoms with Crippen LogP contribution in [0.3, 0.4) is 0 Å². The van der Waals surface area contributed by atoms with E-state index in [1.165, 1.54) is 6.21 Å². The lowest BCUT2D eigenvalue weighted by molar-refractivity contribution is -0.120. The Balaban J connectivity index is 1.78. The minimum atomic E-state index is -0.409. The van der Waals surface area contributed by atoms with Gasteiger partial charge in [-0.2, -0.15) is 5.10 Å². The molecule has 7 heteroatoms. The third-order valence-electron chi connectivity index (χ3n) is 2.61. The van der Waals surface area contributed by atoms with Crippen LogP contribution < -0.4 is 10.7 Å². The van der Waals surface area contributed by atoms with E-state index >= 15 is 0 Å². The number of pyridine rings is 1. The van der Waals surface area contributed by atoms with Crippen molar-refractivity contribution in [3.8, 4) is 0 Å². The summed E-state index contributed by atoms with van der Waals surface area (Å²) in [5.74, 6) is -0.733. The first-order valence-corrected chi connectivity index (χ1v) is 7.20. The van der Waals surface area contributed by atoms with E-state index < -0.39 is 5.91 Å². The highest BCUT2D eigenvalue weighted by molar-refractivity contribution is 9.10.